The Morgan fingerprint density at radius 3 is 2.50 bits per heavy atom. The molecule has 96 valence electrons. The van der Waals surface area contributed by atoms with Crippen LogP contribution in [0.4, 0.5) is 0 Å². The average Bonchev–Trinajstić information content (AvgIpc) is 2.19. The molecule has 0 heterocycles. The molecule has 0 saturated carbocycles. The molecule has 0 spiro atoms. The zero-order valence-corrected chi connectivity index (χ0v) is 10.4. The lowest BCUT2D eigenvalue weighted by Gasteiger charge is -2.11. The second kappa shape index (κ2) is 7.59. The highest BCUT2D eigenvalue weighted by Crippen LogP contribution is 2.04. The molecule has 0 aliphatic rings. The number of sulfonamides is 1. The summed E-state index contributed by atoms with van der Waals surface area (Å²) in [5.41, 5.74) is 5.33. The molecule has 0 aromatic carbocycles. The number of hydrogen-bond donors (Lipinski definition) is 3. The summed E-state index contributed by atoms with van der Waals surface area (Å²) in [7, 11) is -3.42. The smallest absolute Gasteiger partial charge is 0.222 e. The summed E-state index contributed by atoms with van der Waals surface area (Å²) in [5.74, 6) is -0.259. The van der Waals surface area contributed by atoms with Gasteiger partial charge in [0.2, 0.25) is 15.9 Å². The van der Waals surface area contributed by atoms with E-state index in [1.54, 1.807) is 0 Å². The predicted octanol–water partition coefficient (Wildman–Crippen LogP) is -0.844. The van der Waals surface area contributed by atoms with E-state index in [2.05, 4.69) is 5.32 Å². The molecule has 0 aromatic rings. The first-order valence-electron chi connectivity index (χ1n) is 5.35. The number of amides is 1. The van der Waals surface area contributed by atoms with Gasteiger partial charge in [-0.3, -0.25) is 4.79 Å². The Bertz CT molecular complexity index is 303. The van der Waals surface area contributed by atoms with E-state index in [0.717, 1.165) is 12.8 Å². The second-order valence-electron chi connectivity index (χ2n) is 3.84. The molecule has 0 saturated heterocycles. The molecule has 1 unspecified atom stereocenters. The third-order valence-electron chi connectivity index (χ3n) is 2.19. The van der Waals surface area contributed by atoms with Gasteiger partial charge in [0.25, 0.3) is 0 Å². The highest BCUT2D eigenvalue weighted by Gasteiger charge is 2.11. The molecule has 0 aliphatic carbocycles. The third kappa shape index (κ3) is 8.63. The van der Waals surface area contributed by atoms with Crippen LogP contribution in [0.3, 0.4) is 0 Å². The van der Waals surface area contributed by atoms with E-state index in [9.17, 15) is 13.2 Å². The van der Waals surface area contributed by atoms with Crippen molar-refractivity contribution < 1.29 is 13.2 Å². The van der Waals surface area contributed by atoms with Crippen LogP contribution in [0.15, 0.2) is 0 Å². The highest BCUT2D eigenvalue weighted by molar-refractivity contribution is 7.89. The fourth-order valence-electron chi connectivity index (χ4n) is 1.21. The van der Waals surface area contributed by atoms with E-state index in [1.165, 1.54) is 0 Å². The molecular formula is C9H21N3O3S. The lowest BCUT2D eigenvalue weighted by atomic mass is 10.1. The summed E-state index contributed by atoms with van der Waals surface area (Å²) < 4.78 is 21.2. The van der Waals surface area contributed by atoms with E-state index in [4.69, 9.17) is 10.9 Å². The van der Waals surface area contributed by atoms with E-state index < -0.39 is 10.0 Å². The molecule has 0 fully saturated rings. The summed E-state index contributed by atoms with van der Waals surface area (Å²) >= 11 is 0. The second-order valence-corrected chi connectivity index (χ2v) is 5.58. The molecule has 6 nitrogen and oxygen atoms in total. The lowest BCUT2D eigenvalue weighted by Crippen LogP contribution is -2.31. The Morgan fingerprint density at radius 2 is 2.00 bits per heavy atom. The standard InChI is InChI=1S/C9H21N3O3S/c1-8(4-2-5-10)9(13)12-6-3-7-16(11,14)15/h8H,2-7,10H2,1H3,(H,12,13)(H2,11,14,15). The highest BCUT2D eigenvalue weighted by atomic mass is 32.2. The van der Waals surface area contributed by atoms with Crippen LogP contribution in [0.25, 0.3) is 0 Å². The largest absolute Gasteiger partial charge is 0.356 e. The molecular weight excluding hydrogens is 230 g/mol. The van der Waals surface area contributed by atoms with Crippen LogP contribution >= 0.6 is 0 Å². The van der Waals surface area contributed by atoms with Crippen molar-refractivity contribution in [3.05, 3.63) is 0 Å². The molecule has 0 aliphatic heterocycles. The van der Waals surface area contributed by atoms with Crippen LogP contribution in [-0.4, -0.2) is 33.2 Å². The first kappa shape index (κ1) is 15.3. The lowest BCUT2D eigenvalue weighted by molar-refractivity contribution is -0.124. The van der Waals surface area contributed by atoms with Crippen LogP contribution in [0, 0.1) is 5.92 Å². The maximum Gasteiger partial charge on any atom is 0.222 e. The van der Waals surface area contributed by atoms with Crippen LogP contribution in [0.2, 0.25) is 0 Å². The van der Waals surface area contributed by atoms with Gasteiger partial charge in [0.1, 0.15) is 0 Å². The zero-order chi connectivity index (χ0) is 12.6. The molecule has 0 bridgehead atoms. The summed E-state index contributed by atoms with van der Waals surface area (Å²) in [5, 5.41) is 7.49. The third-order valence-corrected chi connectivity index (χ3v) is 3.05. The molecule has 7 heteroatoms. The van der Waals surface area contributed by atoms with E-state index >= 15 is 0 Å². The van der Waals surface area contributed by atoms with Crippen molar-refractivity contribution in [1.82, 2.24) is 5.32 Å². The maximum atomic E-state index is 11.4. The van der Waals surface area contributed by atoms with Gasteiger partial charge in [0.15, 0.2) is 0 Å². The van der Waals surface area contributed by atoms with Gasteiger partial charge < -0.3 is 11.1 Å². The van der Waals surface area contributed by atoms with Crippen LogP contribution in [0.5, 0.6) is 0 Å². The molecule has 0 rings (SSSR count). The van der Waals surface area contributed by atoms with Crippen molar-refractivity contribution in [1.29, 1.82) is 0 Å². The summed E-state index contributed by atoms with van der Waals surface area (Å²) in [4.78, 5) is 11.4. The monoisotopic (exact) mass is 251 g/mol. The predicted molar refractivity (Wildman–Crippen MR) is 63.1 cm³/mol. The minimum Gasteiger partial charge on any atom is -0.356 e. The van der Waals surface area contributed by atoms with Crippen molar-refractivity contribution in [2.24, 2.45) is 16.8 Å². The van der Waals surface area contributed by atoms with Crippen molar-refractivity contribution >= 4 is 15.9 Å². The normalized spacial score (nSPS) is 13.4. The number of carbonyl (C=O) groups excluding carboxylic acids is 1. The molecule has 0 radical (unpaired) electrons. The van der Waals surface area contributed by atoms with Crippen molar-refractivity contribution in [2.75, 3.05) is 18.8 Å². The minimum atomic E-state index is -3.42. The van der Waals surface area contributed by atoms with E-state index in [0.29, 0.717) is 19.5 Å². The first-order valence-corrected chi connectivity index (χ1v) is 7.06. The molecule has 1 amide bonds. The number of nitrogens with two attached hydrogens (primary N) is 2. The molecule has 16 heavy (non-hydrogen) atoms. The minimum absolute atomic E-state index is 0.0668. The number of hydrogen-bond acceptors (Lipinski definition) is 4. The molecule has 1 atom stereocenters. The van der Waals surface area contributed by atoms with Gasteiger partial charge in [0.05, 0.1) is 5.75 Å². The fraction of sp³-hybridized carbons (Fsp3) is 0.889. The Balaban J connectivity index is 3.65. The number of carbonyl (C=O) groups is 1. The van der Waals surface area contributed by atoms with Gasteiger partial charge in [-0.05, 0) is 25.8 Å². The topological polar surface area (TPSA) is 115 Å². The van der Waals surface area contributed by atoms with Gasteiger partial charge in [-0.2, -0.15) is 0 Å². The van der Waals surface area contributed by atoms with Crippen LogP contribution in [-0.2, 0) is 14.8 Å². The summed E-state index contributed by atoms with van der Waals surface area (Å²) in [6, 6.07) is 0. The average molecular weight is 251 g/mol. The zero-order valence-electron chi connectivity index (χ0n) is 9.61. The van der Waals surface area contributed by atoms with Gasteiger partial charge in [-0.1, -0.05) is 6.92 Å². The van der Waals surface area contributed by atoms with Crippen molar-refractivity contribution in [2.45, 2.75) is 26.2 Å². The van der Waals surface area contributed by atoms with Gasteiger partial charge in [-0.25, -0.2) is 13.6 Å². The fourth-order valence-corrected chi connectivity index (χ4v) is 1.76. The molecule has 0 aromatic heterocycles. The number of rotatable bonds is 8. The summed E-state index contributed by atoms with van der Waals surface area (Å²) in [6.07, 6.45) is 1.90. The summed E-state index contributed by atoms with van der Waals surface area (Å²) in [6.45, 7) is 2.73. The number of primary sulfonamides is 1. The van der Waals surface area contributed by atoms with E-state index in [-0.39, 0.29) is 17.6 Å². The Labute approximate surface area is 96.8 Å². The maximum absolute atomic E-state index is 11.4. The number of nitrogens with one attached hydrogen (secondary N) is 1. The van der Waals surface area contributed by atoms with Gasteiger partial charge >= 0.3 is 0 Å². The van der Waals surface area contributed by atoms with Crippen LogP contribution < -0.4 is 16.2 Å². The Morgan fingerprint density at radius 1 is 1.38 bits per heavy atom. The van der Waals surface area contributed by atoms with Gasteiger partial charge in [0, 0.05) is 12.5 Å². The Kier molecular flexibility index (Phi) is 7.27. The molecule has 5 N–H and O–H groups in total. The first-order chi connectivity index (χ1) is 7.37. The van der Waals surface area contributed by atoms with Crippen molar-refractivity contribution in [3.63, 3.8) is 0 Å². The van der Waals surface area contributed by atoms with Gasteiger partial charge in [-0.15, -0.1) is 0 Å². The van der Waals surface area contributed by atoms with Crippen LogP contribution in [0.1, 0.15) is 26.2 Å². The SMILES string of the molecule is CC(CCCN)C(=O)NCCCS(N)(=O)=O. The van der Waals surface area contributed by atoms with E-state index in [1.807, 2.05) is 6.92 Å². The Hall–Kier alpha value is -0.660. The quantitative estimate of drug-likeness (QED) is 0.488. The van der Waals surface area contributed by atoms with Crippen molar-refractivity contribution in [3.8, 4) is 0 Å².